The van der Waals surface area contributed by atoms with Crippen LogP contribution in [0.3, 0.4) is 0 Å². The molecule has 6 heteroatoms. The molecule has 0 aromatic carbocycles. The summed E-state index contributed by atoms with van der Waals surface area (Å²) in [4.78, 5) is 0. The minimum Gasteiger partial charge on any atom is -0.329 e. The molecule has 0 saturated carbocycles. The van der Waals surface area contributed by atoms with Crippen molar-refractivity contribution in [2.24, 2.45) is 5.73 Å². The average molecular weight is 213 g/mol. The van der Waals surface area contributed by atoms with E-state index in [0.29, 0.717) is 13.1 Å². The maximum atomic E-state index is 10.8. The van der Waals surface area contributed by atoms with Crippen molar-refractivity contribution in [1.82, 2.24) is 5.32 Å². The fourth-order valence-corrected chi connectivity index (χ4v) is 2.24. The van der Waals surface area contributed by atoms with Crippen LogP contribution in [0.1, 0.15) is 0 Å². The molecular formula is C6H13ClN2O2S. The molecule has 0 amide bonds. The van der Waals surface area contributed by atoms with E-state index in [0.717, 1.165) is 0 Å². The van der Waals surface area contributed by atoms with Gasteiger partial charge in [0.25, 0.3) is 0 Å². The van der Waals surface area contributed by atoms with Gasteiger partial charge >= 0.3 is 0 Å². The van der Waals surface area contributed by atoms with Crippen LogP contribution in [0.25, 0.3) is 0 Å². The summed E-state index contributed by atoms with van der Waals surface area (Å²) in [5.41, 5.74) is 5.24. The van der Waals surface area contributed by atoms with E-state index in [4.69, 9.17) is 5.73 Å². The molecule has 4 nitrogen and oxygen atoms in total. The Labute approximate surface area is 78.5 Å². The second kappa shape index (κ2) is 4.81. The number of nitrogens with two attached hydrogens (primary N) is 1. The molecule has 1 atom stereocenters. The van der Waals surface area contributed by atoms with Gasteiger partial charge < -0.3 is 11.1 Å². The molecule has 0 fully saturated rings. The predicted octanol–water partition coefficient (Wildman–Crippen LogP) is -0.733. The van der Waals surface area contributed by atoms with Crippen molar-refractivity contribution in [3.63, 3.8) is 0 Å². The third-order valence-corrected chi connectivity index (χ3v) is 2.88. The van der Waals surface area contributed by atoms with Crippen LogP contribution in [0, 0.1) is 0 Å². The molecule has 1 aliphatic heterocycles. The number of sulfone groups is 1. The van der Waals surface area contributed by atoms with Gasteiger partial charge in [-0.25, -0.2) is 8.42 Å². The van der Waals surface area contributed by atoms with E-state index in [9.17, 15) is 8.42 Å². The second-order valence-corrected chi connectivity index (χ2v) is 4.44. The Morgan fingerprint density at radius 3 is 2.67 bits per heavy atom. The zero-order chi connectivity index (χ0) is 8.32. The van der Waals surface area contributed by atoms with E-state index < -0.39 is 9.84 Å². The Morgan fingerprint density at radius 1 is 1.58 bits per heavy atom. The fourth-order valence-electron chi connectivity index (χ4n) is 0.972. The maximum absolute atomic E-state index is 10.8. The maximum Gasteiger partial charge on any atom is 0.173 e. The Bertz CT molecular complexity index is 250. The van der Waals surface area contributed by atoms with Crippen LogP contribution in [0.4, 0.5) is 0 Å². The van der Waals surface area contributed by atoms with Crippen molar-refractivity contribution >= 4 is 22.2 Å². The molecule has 0 bridgehead atoms. The van der Waals surface area contributed by atoms with Crippen LogP contribution in [0.5, 0.6) is 0 Å². The molecule has 0 aromatic rings. The average Bonchev–Trinajstić information content (AvgIpc) is 2.26. The predicted molar refractivity (Wildman–Crippen MR) is 51.0 cm³/mol. The Morgan fingerprint density at radius 2 is 2.25 bits per heavy atom. The quantitative estimate of drug-likeness (QED) is 0.647. The van der Waals surface area contributed by atoms with E-state index in [-0.39, 0.29) is 24.2 Å². The first-order valence-corrected chi connectivity index (χ1v) is 5.20. The van der Waals surface area contributed by atoms with Gasteiger partial charge in [0.15, 0.2) is 9.84 Å². The van der Waals surface area contributed by atoms with Crippen LogP contribution in [-0.4, -0.2) is 33.3 Å². The Kier molecular flexibility index (Phi) is 4.77. The van der Waals surface area contributed by atoms with Gasteiger partial charge in [-0.15, -0.1) is 12.4 Å². The van der Waals surface area contributed by atoms with Gasteiger partial charge in [-0.2, -0.15) is 0 Å². The standard InChI is InChI=1S/C6H12N2O2S.ClH/c7-2-3-8-6-1-4-11(9,10)5-6;/h1,4,6,8H,2-3,5,7H2;1H. The lowest BCUT2D eigenvalue weighted by Gasteiger charge is -2.06. The van der Waals surface area contributed by atoms with Crippen molar-refractivity contribution in [2.75, 3.05) is 18.8 Å². The first kappa shape index (κ1) is 11.9. The Hall–Kier alpha value is -0.100. The fraction of sp³-hybridized carbons (Fsp3) is 0.667. The minimum atomic E-state index is -2.91. The normalized spacial score (nSPS) is 25.2. The molecule has 72 valence electrons. The summed E-state index contributed by atoms with van der Waals surface area (Å²) in [7, 11) is -2.91. The minimum absolute atomic E-state index is 0. The summed E-state index contributed by atoms with van der Waals surface area (Å²) in [6, 6.07) is -0.0384. The van der Waals surface area contributed by atoms with Gasteiger partial charge in [-0.05, 0) is 0 Å². The lowest BCUT2D eigenvalue weighted by Crippen LogP contribution is -2.33. The largest absolute Gasteiger partial charge is 0.329 e. The third-order valence-electron chi connectivity index (χ3n) is 1.48. The molecular weight excluding hydrogens is 200 g/mol. The van der Waals surface area contributed by atoms with Crippen molar-refractivity contribution in [2.45, 2.75) is 6.04 Å². The van der Waals surface area contributed by atoms with Gasteiger partial charge in [0.1, 0.15) is 0 Å². The number of hydrogen-bond acceptors (Lipinski definition) is 4. The van der Waals surface area contributed by atoms with E-state index >= 15 is 0 Å². The van der Waals surface area contributed by atoms with Crippen LogP contribution < -0.4 is 11.1 Å². The van der Waals surface area contributed by atoms with E-state index in [1.54, 1.807) is 6.08 Å². The molecule has 0 aliphatic carbocycles. The highest BCUT2D eigenvalue weighted by atomic mass is 35.5. The van der Waals surface area contributed by atoms with Crippen LogP contribution in [0.2, 0.25) is 0 Å². The van der Waals surface area contributed by atoms with Gasteiger partial charge in [-0.3, -0.25) is 0 Å². The van der Waals surface area contributed by atoms with E-state index in [2.05, 4.69) is 5.32 Å². The molecule has 1 unspecified atom stereocenters. The third kappa shape index (κ3) is 3.53. The second-order valence-electron chi connectivity index (χ2n) is 2.51. The Balaban J connectivity index is 0.00000121. The molecule has 1 aliphatic rings. The highest BCUT2D eigenvalue weighted by molar-refractivity contribution is 7.94. The summed E-state index contributed by atoms with van der Waals surface area (Å²) < 4.78 is 21.7. The summed E-state index contributed by atoms with van der Waals surface area (Å²) in [6.45, 7) is 1.19. The highest BCUT2D eigenvalue weighted by Crippen LogP contribution is 2.06. The van der Waals surface area contributed by atoms with E-state index in [1.807, 2.05) is 0 Å². The van der Waals surface area contributed by atoms with Gasteiger partial charge in [-0.1, -0.05) is 6.08 Å². The van der Waals surface area contributed by atoms with Gasteiger partial charge in [0, 0.05) is 24.5 Å². The van der Waals surface area contributed by atoms with E-state index in [1.165, 1.54) is 5.41 Å². The molecule has 0 radical (unpaired) electrons. The summed E-state index contributed by atoms with van der Waals surface area (Å²) in [5.74, 6) is 0.174. The number of nitrogens with one attached hydrogen (secondary N) is 1. The molecule has 1 rings (SSSR count). The molecule has 0 spiro atoms. The number of hydrogen-bond donors (Lipinski definition) is 2. The first-order chi connectivity index (χ1) is 5.14. The van der Waals surface area contributed by atoms with Gasteiger partial charge in [0.2, 0.25) is 0 Å². The van der Waals surface area contributed by atoms with Crippen molar-refractivity contribution in [3.05, 3.63) is 11.5 Å². The van der Waals surface area contributed by atoms with Gasteiger partial charge in [0.05, 0.1) is 5.75 Å². The lowest BCUT2D eigenvalue weighted by atomic mass is 10.3. The van der Waals surface area contributed by atoms with Crippen molar-refractivity contribution in [3.8, 4) is 0 Å². The van der Waals surface area contributed by atoms with Crippen LogP contribution in [-0.2, 0) is 9.84 Å². The number of halogens is 1. The topological polar surface area (TPSA) is 72.2 Å². The zero-order valence-electron chi connectivity index (χ0n) is 6.56. The zero-order valence-corrected chi connectivity index (χ0v) is 8.20. The molecule has 0 saturated heterocycles. The monoisotopic (exact) mass is 212 g/mol. The summed E-state index contributed by atoms with van der Waals surface area (Å²) in [6.07, 6.45) is 1.66. The van der Waals surface area contributed by atoms with Crippen molar-refractivity contribution < 1.29 is 8.42 Å². The summed E-state index contributed by atoms with van der Waals surface area (Å²) >= 11 is 0. The summed E-state index contributed by atoms with van der Waals surface area (Å²) in [5, 5.41) is 4.25. The molecule has 3 N–H and O–H groups in total. The van der Waals surface area contributed by atoms with Crippen LogP contribution >= 0.6 is 12.4 Å². The highest BCUT2D eigenvalue weighted by Gasteiger charge is 2.20. The number of rotatable bonds is 3. The first-order valence-electron chi connectivity index (χ1n) is 3.48. The lowest BCUT2D eigenvalue weighted by molar-refractivity contribution is 0.592. The smallest absolute Gasteiger partial charge is 0.173 e. The molecule has 12 heavy (non-hydrogen) atoms. The SMILES string of the molecule is Cl.NCCNC1C=CS(=O)(=O)C1. The van der Waals surface area contributed by atoms with Crippen LogP contribution in [0.15, 0.2) is 11.5 Å². The molecule has 0 aromatic heterocycles. The molecule has 1 heterocycles. The van der Waals surface area contributed by atoms with Crippen molar-refractivity contribution in [1.29, 1.82) is 0 Å².